The zero-order valence-electron chi connectivity index (χ0n) is 12.4. The molecular weight excluding hydrogens is 286 g/mol. The van der Waals surface area contributed by atoms with E-state index in [1.54, 1.807) is 19.1 Å². The molecule has 1 aromatic rings. The van der Waals surface area contributed by atoms with Gasteiger partial charge >= 0.3 is 0 Å². The van der Waals surface area contributed by atoms with Crippen LogP contribution in [0.5, 0.6) is 0 Å². The summed E-state index contributed by atoms with van der Waals surface area (Å²) in [5.74, 6) is 0. The Bertz CT molecular complexity index is 599. The lowest BCUT2D eigenvalue weighted by Crippen LogP contribution is -2.29. The van der Waals surface area contributed by atoms with E-state index in [1.807, 2.05) is 12.1 Å². The Kier molecular flexibility index (Phi) is 4.19. The molecule has 2 fully saturated rings. The molecule has 2 aliphatic rings. The Morgan fingerprint density at radius 1 is 1.24 bits per heavy atom. The van der Waals surface area contributed by atoms with Gasteiger partial charge in [-0.1, -0.05) is 19.1 Å². The van der Waals surface area contributed by atoms with Gasteiger partial charge in [0.2, 0.25) is 10.0 Å². The molecule has 0 bridgehead atoms. The standard InChI is InChI=1S/C15H23N3O2S/c1-2-16-21(19,20)15-6-4-3-5-14(15)17-12-9-10-18(11-12)13-7-8-13/h3-6,12-13,16-17H,2,7-11H2,1H3. The zero-order chi connectivity index (χ0) is 14.9. The molecule has 1 unspecified atom stereocenters. The average molecular weight is 309 g/mol. The smallest absolute Gasteiger partial charge is 0.242 e. The second kappa shape index (κ2) is 5.94. The van der Waals surface area contributed by atoms with Crippen LogP contribution in [0.25, 0.3) is 0 Å². The third-order valence-electron chi connectivity index (χ3n) is 4.15. The van der Waals surface area contributed by atoms with Gasteiger partial charge in [0.25, 0.3) is 0 Å². The van der Waals surface area contributed by atoms with E-state index in [0.717, 1.165) is 25.6 Å². The van der Waals surface area contributed by atoms with Gasteiger partial charge in [-0.05, 0) is 31.4 Å². The Morgan fingerprint density at radius 2 is 2.00 bits per heavy atom. The highest BCUT2D eigenvalue weighted by Gasteiger charge is 2.34. The molecule has 3 rings (SSSR count). The van der Waals surface area contributed by atoms with Crippen molar-refractivity contribution in [2.75, 3.05) is 25.0 Å². The molecule has 1 aromatic carbocycles. The number of anilines is 1. The first kappa shape index (κ1) is 14.8. The summed E-state index contributed by atoms with van der Waals surface area (Å²) in [6.45, 7) is 4.32. The van der Waals surface area contributed by atoms with Crippen LogP contribution in [-0.2, 0) is 10.0 Å². The van der Waals surface area contributed by atoms with Crippen LogP contribution in [0.4, 0.5) is 5.69 Å². The summed E-state index contributed by atoms with van der Waals surface area (Å²) >= 11 is 0. The van der Waals surface area contributed by atoms with E-state index in [-0.39, 0.29) is 0 Å². The Balaban J connectivity index is 1.73. The summed E-state index contributed by atoms with van der Waals surface area (Å²) < 4.78 is 27.1. The molecule has 0 radical (unpaired) electrons. The normalized spacial score (nSPS) is 23.4. The van der Waals surface area contributed by atoms with Crippen molar-refractivity contribution in [3.63, 3.8) is 0 Å². The number of nitrogens with zero attached hydrogens (tertiary/aromatic N) is 1. The van der Waals surface area contributed by atoms with Gasteiger partial charge in [-0.25, -0.2) is 13.1 Å². The predicted molar refractivity (Wildman–Crippen MR) is 83.9 cm³/mol. The molecule has 0 spiro atoms. The summed E-state index contributed by atoms with van der Waals surface area (Å²) in [4.78, 5) is 2.86. The maximum atomic E-state index is 12.2. The third-order valence-corrected chi connectivity index (χ3v) is 5.76. The maximum Gasteiger partial charge on any atom is 0.242 e. The van der Waals surface area contributed by atoms with Gasteiger partial charge in [0, 0.05) is 31.7 Å². The molecule has 6 heteroatoms. The molecule has 1 saturated heterocycles. The quantitative estimate of drug-likeness (QED) is 0.838. The maximum absolute atomic E-state index is 12.2. The molecule has 21 heavy (non-hydrogen) atoms. The van der Waals surface area contributed by atoms with Crippen LogP contribution >= 0.6 is 0 Å². The summed E-state index contributed by atoms with van der Waals surface area (Å²) in [5, 5.41) is 3.43. The number of hydrogen-bond acceptors (Lipinski definition) is 4. The first-order valence-corrected chi connectivity index (χ1v) is 9.18. The number of para-hydroxylation sites is 1. The summed E-state index contributed by atoms with van der Waals surface area (Å²) in [7, 11) is -3.43. The molecule has 2 N–H and O–H groups in total. The highest BCUT2D eigenvalue weighted by atomic mass is 32.2. The molecule has 1 heterocycles. The van der Waals surface area contributed by atoms with Gasteiger partial charge in [-0.2, -0.15) is 0 Å². The molecule has 1 saturated carbocycles. The van der Waals surface area contributed by atoms with Gasteiger partial charge in [0.05, 0.1) is 5.69 Å². The fraction of sp³-hybridized carbons (Fsp3) is 0.600. The number of likely N-dealkylation sites (tertiary alicyclic amines) is 1. The number of hydrogen-bond donors (Lipinski definition) is 2. The molecule has 1 aliphatic carbocycles. The lowest BCUT2D eigenvalue weighted by atomic mass is 10.2. The van der Waals surface area contributed by atoms with E-state index in [9.17, 15) is 8.42 Å². The number of benzene rings is 1. The van der Waals surface area contributed by atoms with E-state index in [1.165, 1.54) is 12.8 Å². The van der Waals surface area contributed by atoms with Crippen molar-refractivity contribution in [2.24, 2.45) is 0 Å². The minimum absolute atomic E-state index is 0.337. The molecule has 0 amide bonds. The Hall–Kier alpha value is -1.11. The van der Waals surface area contributed by atoms with Crippen LogP contribution in [0.1, 0.15) is 26.2 Å². The summed E-state index contributed by atoms with van der Waals surface area (Å²) in [6, 6.07) is 8.26. The van der Waals surface area contributed by atoms with Gasteiger partial charge in [0.15, 0.2) is 0 Å². The number of rotatable bonds is 6. The van der Waals surface area contributed by atoms with Gasteiger partial charge < -0.3 is 5.32 Å². The second-order valence-electron chi connectivity index (χ2n) is 5.85. The van der Waals surface area contributed by atoms with Crippen LogP contribution in [0.3, 0.4) is 0 Å². The van der Waals surface area contributed by atoms with Crippen molar-refractivity contribution < 1.29 is 8.42 Å². The fourth-order valence-electron chi connectivity index (χ4n) is 2.98. The van der Waals surface area contributed by atoms with Gasteiger partial charge in [-0.3, -0.25) is 4.90 Å². The van der Waals surface area contributed by atoms with Crippen LogP contribution in [0, 0.1) is 0 Å². The van der Waals surface area contributed by atoms with Gasteiger partial charge in [0.1, 0.15) is 4.90 Å². The molecule has 1 aliphatic heterocycles. The SMILES string of the molecule is CCNS(=O)(=O)c1ccccc1NC1CCN(C2CC2)C1. The Morgan fingerprint density at radius 3 is 2.71 bits per heavy atom. The summed E-state index contributed by atoms with van der Waals surface area (Å²) in [5.41, 5.74) is 0.709. The molecular formula is C15H23N3O2S. The first-order chi connectivity index (χ1) is 10.1. The van der Waals surface area contributed by atoms with Crippen molar-refractivity contribution in [3.05, 3.63) is 24.3 Å². The Labute approximate surface area is 126 Å². The van der Waals surface area contributed by atoms with Crippen LogP contribution in [0.2, 0.25) is 0 Å². The van der Waals surface area contributed by atoms with Crippen molar-refractivity contribution in [1.29, 1.82) is 0 Å². The van der Waals surface area contributed by atoms with Crippen molar-refractivity contribution in [2.45, 2.75) is 43.2 Å². The number of nitrogens with one attached hydrogen (secondary N) is 2. The van der Waals surface area contributed by atoms with E-state index >= 15 is 0 Å². The van der Waals surface area contributed by atoms with Crippen molar-refractivity contribution in [3.8, 4) is 0 Å². The molecule has 116 valence electrons. The molecule has 5 nitrogen and oxygen atoms in total. The van der Waals surface area contributed by atoms with Crippen LogP contribution in [-0.4, -0.2) is 45.0 Å². The highest BCUT2D eigenvalue weighted by Crippen LogP contribution is 2.31. The molecule has 0 aromatic heterocycles. The first-order valence-electron chi connectivity index (χ1n) is 7.69. The van der Waals surface area contributed by atoms with E-state index in [2.05, 4.69) is 14.9 Å². The zero-order valence-corrected chi connectivity index (χ0v) is 13.2. The van der Waals surface area contributed by atoms with E-state index in [0.29, 0.717) is 23.2 Å². The minimum Gasteiger partial charge on any atom is -0.380 e. The van der Waals surface area contributed by atoms with Gasteiger partial charge in [-0.15, -0.1) is 0 Å². The summed E-state index contributed by atoms with van der Waals surface area (Å²) in [6.07, 6.45) is 3.71. The third kappa shape index (κ3) is 3.39. The monoisotopic (exact) mass is 309 g/mol. The lowest BCUT2D eigenvalue weighted by Gasteiger charge is -2.18. The van der Waals surface area contributed by atoms with Crippen molar-refractivity contribution >= 4 is 15.7 Å². The highest BCUT2D eigenvalue weighted by molar-refractivity contribution is 7.89. The fourth-order valence-corrected chi connectivity index (χ4v) is 4.19. The second-order valence-corrected chi connectivity index (χ2v) is 7.59. The van der Waals surface area contributed by atoms with E-state index in [4.69, 9.17) is 0 Å². The molecule has 1 atom stereocenters. The largest absolute Gasteiger partial charge is 0.380 e. The number of sulfonamides is 1. The topological polar surface area (TPSA) is 61.4 Å². The average Bonchev–Trinajstić information content (AvgIpc) is 3.20. The van der Waals surface area contributed by atoms with Crippen LogP contribution in [0.15, 0.2) is 29.2 Å². The lowest BCUT2D eigenvalue weighted by molar-refractivity contribution is 0.326. The van der Waals surface area contributed by atoms with E-state index < -0.39 is 10.0 Å². The van der Waals surface area contributed by atoms with Crippen molar-refractivity contribution in [1.82, 2.24) is 9.62 Å². The predicted octanol–water partition coefficient (Wildman–Crippen LogP) is 1.63. The minimum atomic E-state index is -3.43. The van der Waals surface area contributed by atoms with Crippen LogP contribution < -0.4 is 10.0 Å².